The van der Waals surface area contributed by atoms with Crippen molar-refractivity contribution in [1.82, 2.24) is 5.32 Å². The Balaban J connectivity index is 2.07. The average Bonchev–Trinajstić information content (AvgIpc) is 2.54. The Labute approximate surface area is 124 Å². The number of halogens is 1. The molecular weight excluding hydrogens is 302 g/mol. The van der Waals surface area contributed by atoms with Crippen LogP contribution in [0, 0.1) is 12.8 Å². The van der Waals surface area contributed by atoms with E-state index in [-0.39, 0.29) is 5.91 Å². The highest BCUT2D eigenvalue weighted by Crippen LogP contribution is 2.23. The van der Waals surface area contributed by atoms with Crippen molar-refractivity contribution in [2.75, 3.05) is 0 Å². The van der Waals surface area contributed by atoms with Crippen LogP contribution in [0.5, 0.6) is 0 Å². The maximum absolute atomic E-state index is 12.3. The second-order valence-electron chi connectivity index (χ2n) is 5.71. The number of benzene rings is 1. The molecule has 1 aliphatic carbocycles. The standard InChI is InChI=1S/C16H22BrNO/c1-11-8-13(10-14(17)9-11)16(19)18-15-7-5-3-4-6-12(15)2/h8-10,12,15H,3-7H2,1-2H3,(H,18,19). The molecule has 1 fully saturated rings. The zero-order valence-corrected chi connectivity index (χ0v) is 13.3. The van der Waals surface area contributed by atoms with E-state index < -0.39 is 0 Å². The van der Waals surface area contributed by atoms with Gasteiger partial charge in [0, 0.05) is 16.1 Å². The van der Waals surface area contributed by atoms with Gasteiger partial charge >= 0.3 is 0 Å². The summed E-state index contributed by atoms with van der Waals surface area (Å²) in [5.74, 6) is 0.642. The lowest BCUT2D eigenvalue weighted by molar-refractivity contribution is 0.0921. The molecule has 0 aliphatic heterocycles. The van der Waals surface area contributed by atoms with Gasteiger partial charge in [-0.05, 0) is 49.4 Å². The van der Waals surface area contributed by atoms with Crippen LogP contribution in [0.2, 0.25) is 0 Å². The first-order chi connectivity index (χ1) is 9.06. The van der Waals surface area contributed by atoms with Crippen molar-refractivity contribution in [2.24, 2.45) is 5.92 Å². The molecule has 0 aromatic heterocycles. The van der Waals surface area contributed by atoms with Crippen molar-refractivity contribution in [1.29, 1.82) is 0 Å². The third kappa shape index (κ3) is 4.07. The molecule has 0 heterocycles. The summed E-state index contributed by atoms with van der Waals surface area (Å²) in [7, 11) is 0. The Morgan fingerprint density at radius 2 is 1.95 bits per heavy atom. The summed E-state index contributed by atoms with van der Waals surface area (Å²) in [6.45, 7) is 4.26. The Morgan fingerprint density at radius 3 is 2.68 bits per heavy atom. The fraction of sp³-hybridized carbons (Fsp3) is 0.562. The molecule has 1 aromatic rings. The summed E-state index contributed by atoms with van der Waals surface area (Å²) < 4.78 is 0.964. The molecule has 104 valence electrons. The molecule has 0 spiro atoms. The Bertz CT molecular complexity index is 438. The summed E-state index contributed by atoms with van der Waals surface area (Å²) in [5.41, 5.74) is 1.86. The number of carbonyl (C=O) groups is 1. The fourth-order valence-electron chi connectivity index (χ4n) is 2.83. The van der Waals surface area contributed by atoms with Crippen LogP contribution in [-0.4, -0.2) is 11.9 Å². The number of carbonyl (C=O) groups excluding carboxylic acids is 1. The van der Waals surface area contributed by atoms with Crippen molar-refractivity contribution in [3.05, 3.63) is 33.8 Å². The van der Waals surface area contributed by atoms with Gasteiger partial charge in [0.05, 0.1) is 0 Å². The van der Waals surface area contributed by atoms with Crippen molar-refractivity contribution < 1.29 is 4.79 Å². The third-order valence-electron chi connectivity index (χ3n) is 3.98. The van der Waals surface area contributed by atoms with Crippen LogP contribution in [0.25, 0.3) is 0 Å². The summed E-state index contributed by atoms with van der Waals surface area (Å²) in [5, 5.41) is 3.22. The maximum Gasteiger partial charge on any atom is 0.251 e. The molecule has 0 radical (unpaired) electrons. The van der Waals surface area contributed by atoms with E-state index >= 15 is 0 Å². The van der Waals surface area contributed by atoms with Gasteiger partial charge in [0.2, 0.25) is 0 Å². The molecule has 1 aliphatic rings. The van der Waals surface area contributed by atoms with Crippen molar-refractivity contribution in [3.8, 4) is 0 Å². The molecule has 1 amide bonds. The highest BCUT2D eigenvalue weighted by molar-refractivity contribution is 9.10. The quantitative estimate of drug-likeness (QED) is 0.800. The summed E-state index contributed by atoms with van der Waals surface area (Å²) >= 11 is 3.45. The number of aryl methyl sites for hydroxylation is 1. The van der Waals surface area contributed by atoms with E-state index in [2.05, 4.69) is 28.2 Å². The van der Waals surface area contributed by atoms with Gasteiger partial charge in [0.25, 0.3) is 5.91 Å². The molecule has 0 saturated heterocycles. The molecule has 2 unspecified atom stereocenters. The highest BCUT2D eigenvalue weighted by Gasteiger charge is 2.22. The topological polar surface area (TPSA) is 29.1 Å². The first-order valence-corrected chi connectivity index (χ1v) is 7.93. The van der Waals surface area contributed by atoms with Crippen LogP contribution < -0.4 is 5.32 Å². The van der Waals surface area contributed by atoms with Crippen LogP contribution in [0.3, 0.4) is 0 Å². The lowest BCUT2D eigenvalue weighted by Crippen LogP contribution is -2.38. The molecule has 2 atom stereocenters. The second kappa shape index (κ2) is 6.56. The van der Waals surface area contributed by atoms with E-state index in [0.29, 0.717) is 12.0 Å². The van der Waals surface area contributed by atoms with Gasteiger partial charge in [0.1, 0.15) is 0 Å². The maximum atomic E-state index is 12.3. The van der Waals surface area contributed by atoms with Crippen LogP contribution in [0.4, 0.5) is 0 Å². The van der Waals surface area contributed by atoms with Gasteiger partial charge in [-0.3, -0.25) is 4.79 Å². The van der Waals surface area contributed by atoms with Gasteiger partial charge in [-0.1, -0.05) is 42.1 Å². The number of amides is 1. The summed E-state index contributed by atoms with van der Waals surface area (Å²) in [6.07, 6.45) is 6.16. The van der Waals surface area contributed by atoms with Crippen molar-refractivity contribution >= 4 is 21.8 Å². The third-order valence-corrected chi connectivity index (χ3v) is 4.44. The second-order valence-corrected chi connectivity index (χ2v) is 6.63. The Morgan fingerprint density at radius 1 is 1.21 bits per heavy atom. The smallest absolute Gasteiger partial charge is 0.251 e. The van der Waals surface area contributed by atoms with Crippen molar-refractivity contribution in [3.63, 3.8) is 0 Å². The zero-order valence-electron chi connectivity index (χ0n) is 11.7. The molecule has 19 heavy (non-hydrogen) atoms. The predicted molar refractivity (Wildman–Crippen MR) is 82.4 cm³/mol. The van der Waals surface area contributed by atoms with Crippen LogP contribution >= 0.6 is 15.9 Å². The van der Waals surface area contributed by atoms with Gasteiger partial charge in [-0.25, -0.2) is 0 Å². The molecule has 1 N–H and O–H groups in total. The first kappa shape index (κ1) is 14.6. The minimum Gasteiger partial charge on any atom is -0.349 e. The van der Waals surface area contributed by atoms with E-state index in [1.165, 1.54) is 25.7 Å². The van der Waals surface area contributed by atoms with Gasteiger partial charge < -0.3 is 5.32 Å². The SMILES string of the molecule is Cc1cc(Br)cc(C(=O)NC2CCCCCC2C)c1. The Kier molecular flexibility index (Phi) is 5.03. The lowest BCUT2D eigenvalue weighted by atomic mass is 9.96. The lowest BCUT2D eigenvalue weighted by Gasteiger charge is -2.23. The van der Waals surface area contributed by atoms with Crippen LogP contribution in [0.1, 0.15) is 54.9 Å². The van der Waals surface area contributed by atoms with Gasteiger partial charge in [-0.15, -0.1) is 0 Å². The largest absolute Gasteiger partial charge is 0.349 e. The first-order valence-electron chi connectivity index (χ1n) is 7.14. The number of hydrogen-bond acceptors (Lipinski definition) is 1. The summed E-state index contributed by atoms with van der Waals surface area (Å²) in [6, 6.07) is 6.19. The monoisotopic (exact) mass is 323 g/mol. The fourth-order valence-corrected chi connectivity index (χ4v) is 3.43. The molecule has 1 aromatic carbocycles. The minimum atomic E-state index is 0.0585. The average molecular weight is 324 g/mol. The molecular formula is C16H22BrNO. The molecule has 3 heteroatoms. The van der Waals surface area contributed by atoms with Gasteiger partial charge in [-0.2, -0.15) is 0 Å². The van der Waals surface area contributed by atoms with Crippen molar-refractivity contribution in [2.45, 2.75) is 52.0 Å². The molecule has 2 rings (SSSR count). The highest BCUT2D eigenvalue weighted by atomic mass is 79.9. The van der Waals surface area contributed by atoms with E-state index in [1.54, 1.807) is 0 Å². The normalized spacial score (nSPS) is 23.7. The summed E-state index contributed by atoms with van der Waals surface area (Å²) in [4.78, 5) is 12.3. The van der Waals surface area contributed by atoms with Gasteiger partial charge in [0.15, 0.2) is 0 Å². The van der Waals surface area contributed by atoms with Crippen LogP contribution in [-0.2, 0) is 0 Å². The molecule has 1 saturated carbocycles. The zero-order chi connectivity index (χ0) is 13.8. The minimum absolute atomic E-state index is 0.0585. The molecule has 2 nitrogen and oxygen atoms in total. The predicted octanol–water partition coefficient (Wildman–Crippen LogP) is 4.46. The molecule has 0 bridgehead atoms. The van der Waals surface area contributed by atoms with Crippen LogP contribution in [0.15, 0.2) is 22.7 Å². The number of rotatable bonds is 2. The van der Waals surface area contributed by atoms with E-state index in [1.807, 2.05) is 25.1 Å². The van der Waals surface area contributed by atoms with E-state index in [4.69, 9.17) is 0 Å². The van der Waals surface area contributed by atoms with E-state index in [0.717, 1.165) is 22.0 Å². The number of hydrogen-bond donors (Lipinski definition) is 1. The number of nitrogens with one attached hydrogen (secondary N) is 1. The van der Waals surface area contributed by atoms with E-state index in [9.17, 15) is 4.79 Å². The Hall–Kier alpha value is -0.830.